The molecule has 0 aliphatic carbocycles. The molecule has 0 atom stereocenters. The van der Waals surface area contributed by atoms with Crippen molar-refractivity contribution in [1.82, 2.24) is 20.2 Å². The van der Waals surface area contributed by atoms with E-state index in [9.17, 15) is 9.18 Å². The molecule has 29 heavy (non-hydrogen) atoms. The van der Waals surface area contributed by atoms with E-state index in [0.717, 1.165) is 25.2 Å². The summed E-state index contributed by atoms with van der Waals surface area (Å²) in [4.78, 5) is 26.1. The topological polar surface area (TPSA) is 70.6 Å². The van der Waals surface area contributed by atoms with Crippen LogP contribution in [0.1, 0.15) is 25.0 Å². The molecule has 0 bridgehead atoms. The molecule has 2 fully saturated rings. The number of aromatic nitrogens is 2. The van der Waals surface area contributed by atoms with Crippen LogP contribution >= 0.6 is 0 Å². The highest BCUT2D eigenvalue weighted by atomic mass is 19.1. The third-order valence-corrected chi connectivity index (χ3v) is 5.82. The number of carbonyl (C=O) groups is 1. The Hall–Kier alpha value is -2.74. The first-order valence-corrected chi connectivity index (χ1v) is 10.00. The summed E-state index contributed by atoms with van der Waals surface area (Å²) in [5.74, 6) is 1.10. The van der Waals surface area contributed by atoms with E-state index in [2.05, 4.69) is 25.1 Å². The zero-order valence-electron chi connectivity index (χ0n) is 16.8. The van der Waals surface area contributed by atoms with Gasteiger partial charge in [0.05, 0.1) is 0 Å². The summed E-state index contributed by atoms with van der Waals surface area (Å²) >= 11 is 0. The van der Waals surface area contributed by atoms with Crippen LogP contribution in [-0.4, -0.2) is 59.5 Å². The fourth-order valence-electron chi connectivity index (χ4n) is 4.12. The number of benzene rings is 1. The van der Waals surface area contributed by atoms with Crippen LogP contribution in [0.2, 0.25) is 0 Å². The molecule has 0 radical (unpaired) electrons. The summed E-state index contributed by atoms with van der Waals surface area (Å²) in [5, 5.41) is 3.06. The van der Waals surface area contributed by atoms with Crippen molar-refractivity contribution >= 4 is 11.9 Å². The van der Waals surface area contributed by atoms with E-state index in [0.29, 0.717) is 43.5 Å². The van der Waals surface area contributed by atoms with Crippen molar-refractivity contribution in [2.75, 3.05) is 38.1 Å². The zero-order valence-corrected chi connectivity index (χ0v) is 16.8. The van der Waals surface area contributed by atoms with Crippen molar-refractivity contribution in [3.63, 3.8) is 0 Å². The zero-order chi connectivity index (χ0) is 20.4. The SMILES string of the molecule is Cc1cc(Oc2cccc(F)c2)nc(N2CCC3(CC2)C(=O)NCCCN3C)n1. The summed E-state index contributed by atoms with van der Waals surface area (Å²) in [7, 11) is 2.04. The number of nitrogens with one attached hydrogen (secondary N) is 1. The molecule has 0 unspecified atom stereocenters. The van der Waals surface area contributed by atoms with Gasteiger partial charge in [-0.05, 0) is 45.4 Å². The predicted molar refractivity (Wildman–Crippen MR) is 108 cm³/mol. The van der Waals surface area contributed by atoms with Gasteiger partial charge < -0.3 is 15.0 Å². The summed E-state index contributed by atoms with van der Waals surface area (Å²) in [5.41, 5.74) is 0.309. The van der Waals surface area contributed by atoms with Crippen LogP contribution in [0.3, 0.4) is 0 Å². The minimum Gasteiger partial charge on any atom is -0.439 e. The standard InChI is InChI=1S/C21H26FN5O2/c1-15-13-18(29-17-6-3-5-16(22)14-17)25-20(24-15)27-11-7-21(8-12-27)19(28)23-9-4-10-26(21)2/h3,5-6,13-14H,4,7-12H2,1-2H3,(H,23,28). The van der Waals surface area contributed by atoms with Crippen molar-refractivity contribution in [2.45, 2.75) is 31.7 Å². The Morgan fingerprint density at radius 3 is 2.72 bits per heavy atom. The van der Waals surface area contributed by atoms with Crippen LogP contribution in [0.4, 0.5) is 10.3 Å². The number of ether oxygens (including phenoxy) is 1. The molecule has 1 aromatic carbocycles. The van der Waals surface area contributed by atoms with Crippen molar-refractivity contribution in [1.29, 1.82) is 0 Å². The third-order valence-electron chi connectivity index (χ3n) is 5.82. The second-order valence-electron chi connectivity index (χ2n) is 7.76. The Labute approximate surface area is 169 Å². The van der Waals surface area contributed by atoms with Gasteiger partial charge in [-0.3, -0.25) is 9.69 Å². The number of piperidine rings is 1. The minimum absolute atomic E-state index is 0.123. The lowest BCUT2D eigenvalue weighted by molar-refractivity contribution is -0.133. The molecule has 2 aliphatic rings. The van der Waals surface area contributed by atoms with Gasteiger partial charge in [-0.25, -0.2) is 9.37 Å². The van der Waals surface area contributed by atoms with Crippen LogP contribution in [0.15, 0.2) is 30.3 Å². The van der Waals surface area contributed by atoms with Crippen molar-refractivity contribution in [3.05, 3.63) is 41.8 Å². The molecule has 2 saturated heterocycles. The second-order valence-corrected chi connectivity index (χ2v) is 7.76. The van der Waals surface area contributed by atoms with E-state index in [1.165, 1.54) is 12.1 Å². The number of hydrogen-bond acceptors (Lipinski definition) is 6. The van der Waals surface area contributed by atoms with Gasteiger partial charge in [0.15, 0.2) is 0 Å². The molecule has 7 nitrogen and oxygen atoms in total. The number of aryl methyl sites for hydroxylation is 1. The van der Waals surface area contributed by atoms with Gasteiger partial charge in [-0.15, -0.1) is 0 Å². The Bertz CT molecular complexity index is 898. The number of nitrogens with zero attached hydrogens (tertiary/aromatic N) is 4. The maximum atomic E-state index is 13.4. The predicted octanol–water partition coefficient (Wildman–Crippen LogP) is 2.51. The number of halogens is 1. The largest absolute Gasteiger partial charge is 0.439 e. The molecule has 154 valence electrons. The van der Waals surface area contributed by atoms with Gasteiger partial charge in [0.25, 0.3) is 0 Å². The fourth-order valence-corrected chi connectivity index (χ4v) is 4.12. The Balaban J connectivity index is 1.51. The Morgan fingerprint density at radius 1 is 1.17 bits per heavy atom. The first-order chi connectivity index (χ1) is 14.0. The van der Waals surface area contributed by atoms with Crippen molar-refractivity contribution in [2.24, 2.45) is 0 Å². The maximum absolute atomic E-state index is 13.4. The lowest BCUT2D eigenvalue weighted by Crippen LogP contribution is -2.61. The highest BCUT2D eigenvalue weighted by Gasteiger charge is 2.45. The summed E-state index contributed by atoms with van der Waals surface area (Å²) in [6, 6.07) is 7.70. The van der Waals surface area contributed by atoms with Gasteiger partial charge in [-0.2, -0.15) is 4.98 Å². The first-order valence-electron chi connectivity index (χ1n) is 10.00. The molecule has 1 N–H and O–H groups in total. The average molecular weight is 399 g/mol. The van der Waals surface area contributed by atoms with Gasteiger partial charge in [0.2, 0.25) is 17.7 Å². The fraction of sp³-hybridized carbons (Fsp3) is 0.476. The normalized spacial score (nSPS) is 19.7. The number of anilines is 1. The van der Waals surface area contributed by atoms with Crippen LogP contribution in [0.25, 0.3) is 0 Å². The van der Waals surface area contributed by atoms with E-state index in [-0.39, 0.29) is 11.7 Å². The minimum atomic E-state index is -0.461. The van der Waals surface area contributed by atoms with Crippen molar-refractivity contribution < 1.29 is 13.9 Å². The number of rotatable bonds is 3. The van der Waals surface area contributed by atoms with Crippen LogP contribution in [0, 0.1) is 12.7 Å². The van der Waals surface area contributed by atoms with E-state index in [1.54, 1.807) is 18.2 Å². The van der Waals surface area contributed by atoms with E-state index < -0.39 is 5.54 Å². The molecular formula is C21H26FN5O2. The molecule has 1 amide bonds. The monoisotopic (exact) mass is 399 g/mol. The molecule has 2 aliphatic heterocycles. The molecule has 1 spiro atoms. The van der Waals surface area contributed by atoms with E-state index >= 15 is 0 Å². The van der Waals surface area contributed by atoms with Gasteiger partial charge in [0.1, 0.15) is 17.1 Å². The molecule has 0 saturated carbocycles. The smallest absolute Gasteiger partial charge is 0.240 e. The Morgan fingerprint density at radius 2 is 1.97 bits per heavy atom. The van der Waals surface area contributed by atoms with Crippen molar-refractivity contribution in [3.8, 4) is 11.6 Å². The molecular weight excluding hydrogens is 373 g/mol. The lowest BCUT2D eigenvalue weighted by Gasteiger charge is -2.44. The molecule has 4 rings (SSSR count). The van der Waals surface area contributed by atoms with Crippen LogP contribution in [0.5, 0.6) is 11.6 Å². The molecule has 3 heterocycles. The summed E-state index contributed by atoms with van der Waals surface area (Å²) < 4.78 is 19.2. The van der Waals surface area contributed by atoms with Gasteiger partial charge >= 0.3 is 0 Å². The van der Waals surface area contributed by atoms with Crippen LogP contribution in [-0.2, 0) is 4.79 Å². The van der Waals surface area contributed by atoms with Gasteiger partial charge in [0, 0.05) is 44.0 Å². The number of likely N-dealkylation sites (N-methyl/N-ethyl adjacent to an activating group) is 1. The van der Waals surface area contributed by atoms with E-state index in [4.69, 9.17) is 4.74 Å². The average Bonchev–Trinajstić information content (AvgIpc) is 2.82. The molecule has 8 heteroatoms. The quantitative estimate of drug-likeness (QED) is 0.855. The Kier molecular flexibility index (Phi) is 5.36. The summed E-state index contributed by atoms with van der Waals surface area (Å²) in [6.45, 7) is 4.88. The maximum Gasteiger partial charge on any atom is 0.240 e. The van der Waals surface area contributed by atoms with E-state index in [1.807, 2.05) is 14.0 Å². The second kappa shape index (κ2) is 7.94. The first kappa shape index (κ1) is 19.6. The van der Waals surface area contributed by atoms with Crippen LogP contribution < -0.4 is 15.0 Å². The van der Waals surface area contributed by atoms with Gasteiger partial charge in [-0.1, -0.05) is 6.07 Å². The number of amides is 1. The highest BCUT2D eigenvalue weighted by Crippen LogP contribution is 2.32. The molecule has 2 aromatic rings. The lowest BCUT2D eigenvalue weighted by atomic mass is 9.85. The third kappa shape index (κ3) is 4.03. The number of carbonyl (C=O) groups excluding carboxylic acids is 1. The molecule has 1 aromatic heterocycles. The highest BCUT2D eigenvalue weighted by molar-refractivity contribution is 5.87. The summed E-state index contributed by atoms with van der Waals surface area (Å²) in [6.07, 6.45) is 2.40. The number of hydrogen-bond donors (Lipinski definition) is 1.